The molecule has 0 fully saturated rings. The number of nitrogen functional groups attached to an aromatic ring is 1. The van der Waals surface area contributed by atoms with Crippen LogP contribution in [0.1, 0.15) is 5.56 Å². The van der Waals surface area contributed by atoms with E-state index in [-0.39, 0.29) is 0 Å². The van der Waals surface area contributed by atoms with Gasteiger partial charge in [0.15, 0.2) is 0 Å². The normalized spacial score (nSPS) is 10.1. The second kappa shape index (κ2) is 4.79. The summed E-state index contributed by atoms with van der Waals surface area (Å²) in [5, 5.41) is 10.9. The second-order valence-electron chi connectivity index (χ2n) is 4.05. The summed E-state index contributed by atoms with van der Waals surface area (Å²) in [7, 11) is 0. The Bertz CT molecular complexity index is 594. The molecule has 4 heteroatoms. The number of nitrogens with one attached hydrogen (secondary N) is 1. The van der Waals surface area contributed by atoms with Gasteiger partial charge in [0.2, 0.25) is 0 Å². The summed E-state index contributed by atoms with van der Waals surface area (Å²) in [6.07, 6.45) is -1.12. The fourth-order valence-electron chi connectivity index (χ4n) is 1.86. The largest absolute Gasteiger partial charge is 0.465 e. The first kappa shape index (κ1) is 12.0. The van der Waals surface area contributed by atoms with E-state index in [1.807, 2.05) is 37.3 Å². The van der Waals surface area contributed by atoms with E-state index >= 15 is 0 Å². The van der Waals surface area contributed by atoms with Gasteiger partial charge in [0.05, 0.1) is 11.4 Å². The third-order valence-electron chi connectivity index (χ3n) is 2.75. The van der Waals surface area contributed by atoms with Crippen LogP contribution in [0.25, 0.3) is 11.1 Å². The molecule has 0 aromatic heterocycles. The molecule has 0 saturated carbocycles. The van der Waals surface area contributed by atoms with Crippen LogP contribution in [0.2, 0.25) is 0 Å². The maximum atomic E-state index is 10.6. The lowest BCUT2D eigenvalue weighted by Crippen LogP contribution is -2.09. The molecule has 2 aromatic rings. The monoisotopic (exact) mass is 242 g/mol. The second-order valence-corrected chi connectivity index (χ2v) is 4.05. The van der Waals surface area contributed by atoms with Crippen molar-refractivity contribution in [3.63, 3.8) is 0 Å². The van der Waals surface area contributed by atoms with Gasteiger partial charge in [-0.1, -0.05) is 30.3 Å². The van der Waals surface area contributed by atoms with Gasteiger partial charge in [0, 0.05) is 0 Å². The highest BCUT2D eigenvalue weighted by molar-refractivity contribution is 5.89. The highest BCUT2D eigenvalue weighted by Gasteiger charge is 2.06. The molecule has 0 bridgehead atoms. The summed E-state index contributed by atoms with van der Waals surface area (Å²) in [5.41, 5.74) is 9.86. The average Bonchev–Trinajstić information content (AvgIpc) is 2.32. The average molecular weight is 242 g/mol. The van der Waals surface area contributed by atoms with Gasteiger partial charge in [0.25, 0.3) is 0 Å². The molecule has 2 rings (SSSR count). The zero-order chi connectivity index (χ0) is 13.1. The molecule has 4 nitrogen and oxygen atoms in total. The number of nitrogens with two attached hydrogens (primary N) is 1. The Morgan fingerprint density at radius 2 is 1.94 bits per heavy atom. The van der Waals surface area contributed by atoms with E-state index in [1.165, 1.54) is 0 Å². The molecule has 2 aromatic carbocycles. The van der Waals surface area contributed by atoms with E-state index in [4.69, 9.17) is 10.8 Å². The van der Waals surface area contributed by atoms with Crippen molar-refractivity contribution in [2.75, 3.05) is 11.1 Å². The first-order valence-electron chi connectivity index (χ1n) is 5.53. The van der Waals surface area contributed by atoms with Crippen molar-refractivity contribution in [2.45, 2.75) is 6.92 Å². The summed E-state index contributed by atoms with van der Waals surface area (Å²) in [4.78, 5) is 10.6. The lowest BCUT2D eigenvalue weighted by atomic mass is 10.00. The number of hydrogen-bond acceptors (Lipinski definition) is 2. The molecule has 0 aliphatic rings. The van der Waals surface area contributed by atoms with Crippen LogP contribution in [-0.4, -0.2) is 11.2 Å². The summed E-state index contributed by atoms with van der Waals surface area (Å²) in [6.45, 7) is 2.02. The van der Waals surface area contributed by atoms with Gasteiger partial charge < -0.3 is 10.8 Å². The molecule has 0 spiro atoms. The molecule has 0 radical (unpaired) electrons. The number of amides is 1. The third kappa shape index (κ3) is 2.43. The quantitative estimate of drug-likeness (QED) is 0.707. The molecule has 4 N–H and O–H groups in total. The van der Waals surface area contributed by atoms with Crippen LogP contribution in [0.15, 0.2) is 42.5 Å². The Labute approximate surface area is 105 Å². The van der Waals surface area contributed by atoms with E-state index in [0.29, 0.717) is 11.4 Å². The number of anilines is 2. The predicted molar refractivity (Wildman–Crippen MR) is 72.7 cm³/mol. The van der Waals surface area contributed by atoms with Crippen LogP contribution >= 0.6 is 0 Å². The van der Waals surface area contributed by atoms with Crippen LogP contribution in [0, 0.1) is 6.92 Å². The predicted octanol–water partition coefficient (Wildman–Crippen LogP) is 3.33. The molecule has 92 valence electrons. The molecular weight excluding hydrogens is 228 g/mol. The minimum atomic E-state index is -1.12. The van der Waals surface area contributed by atoms with Crippen molar-refractivity contribution < 1.29 is 9.90 Å². The van der Waals surface area contributed by atoms with Crippen LogP contribution in [-0.2, 0) is 0 Å². The minimum absolute atomic E-state index is 0.403. The van der Waals surface area contributed by atoms with Gasteiger partial charge in [-0.05, 0) is 35.7 Å². The zero-order valence-electron chi connectivity index (χ0n) is 9.97. The highest BCUT2D eigenvalue weighted by atomic mass is 16.4. The molecular formula is C14H14N2O2. The number of rotatable bonds is 2. The van der Waals surface area contributed by atoms with E-state index < -0.39 is 6.09 Å². The Morgan fingerprint density at radius 1 is 1.22 bits per heavy atom. The molecule has 0 atom stereocenters. The Balaban J connectivity index is 2.40. The Kier molecular flexibility index (Phi) is 3.19. The molecule has 0 saturated heterocycles. The highest BCUT2D eigenvalue weighted by Crippen LogP contribution is 2.28. The van der Waals surface area contributed by atoms with Gasteiger partial charge in [-0.2, -0.15) is 0 Å². The molecule has 18 heavy (non-hydrogen) atoms. The smallest absolute Gasteiger partial charge is 0.409 e. The van der Waals surface area contributed by atoms with E-state index in [2.05, 4.69) is 5.32 Å². The zero-order valence-corrected chi connectivity index (χ0v) is 9.97. The van der Waals surface area contributed by atoms with E-state index in [1.54, 1.807) is 12.1 Å². The van der Waals surface area contributed by atoms with Gasteiger partial charge >= 0.3 is 6.09 Å². The minimum Gasteiger partial charge on any atom is -0.465 e. The first-order valence-corrected chi connectivity index (χ1v) is 5.53. The Hall–Kier alpha value is -2.49. The maximum Gasteiger partial charge on any atom is 0.409 e. The van der Waals surface area contributed by atoms with Crippen LogP contribution < -0.4 is 11.1 Å². The lowest BCUT2D eigenvalue weighted by Gasteiger charge is -2.10. The van der Waals surface area contributed by atoms with Crippen LogP contribution in [0.5, 0.6) is 0 Å². The SMILES string of the molecule is Cc1ccccc1-c1ccc(NC(=O)O)c(N)c1. The number of hydrogen-bond donors (Lipinski definition) is 3. The van der Waals surface area contributed by atoms with Crippen molar-refractivity contribution in [1.82, 2.24) is 0 Å². The standard InChI is InChI=1S/C14H14N2O2/c1-9-4-2-3-5-11(9)10-6-7-13(12(15)8-10)16-14(17)18/h2-8,16H,15H2,1H3,(H,17,18). The van der Waals surface area contributed by atoms with Gasteiger partial charge in [0.1, 0.15) is 0 Å². The molecule has 0 aliphatic heterocycles. The number of aryl methyl sites for hydroxylation is 1. The number of carbonyl (C=O) groups is 1. The summed E-state index contributed by atoms with van der Waals surface area (Å²) >= 11 is 0. The number of benzene rings is 2. The summed E-state index contributed by atoms with van der Waals surface area (Å²) in [5.74, 6) is 0. The van der Waals surface area contributed by atoms with Gasteiger partial charge in [-0.3, -0.25) is 5.32 Å². The van der Waals surface area contributed by atoms with Crippen molar-refractivity contribution in [1.29, 1.82) is 0 Å². The van der Waals surface area contributed by atoms with Gasteiger partial charge in [-0.25, -0.2) is 4.79 Å². The van der Waals surface area contributed by atoms with Crippen LogP contribution in [0.4, 0.5) is 16.2 Å². The first-order chi connectivity index (χ1) is 8.58. The van der Waals surface area contributed by atoms with Crippen LogP contribution in [0.3, 0.4) is 0 Å². The summed E-state index contributed by atoms with van der Waals surface area (Å²) < 4.78 is 0. The third-order valence-corrected chi connectivity index (χ3v) is 2.75. The van der Waals surface area contributed by atoms with Crippen molar-refractivity contribution in [2.24, 2.45) is 0 Å². The molecule has 0 aliphatic carbocycles. The van der Waals surface area contributed by atoms with Gasteiger partial charge in [-0.15, -0.1) is 0 Å². The topological polar surface area (TPSA) is 75.3 Å². The fourth-order valence-corrected chi connectivity index (χ4v) is 1.86. The Morgan fingerprint density at radius 3 is 2.56 bits per heavy atom. The molecule has 0 heterocycles. The molecule has 0 unspecified atom stereocenters. The van der Waals surface area contributed by atoms with Crippen molar-refractivity contribution >= 4 is 17.5 Å². The summed E-state index contributed by atoms with van der Waals surface area (Å²) in [6, 6.07) is 13.3. The lowest BCUT2D eigenvalue weighted by molar-refractivity contribution is 0.210. The van der Waals surface area contributed by atoms with Crippen molar-refractivity contribution in [3.05, 3.63) is 48.0 Å². The maximum absolute atomic E-state index is 10.6. The van der Waals surface area contributed by atoms with Crippen molar-refractivity contribution in [3.8, 4) is 11.1 Å². The fraction of sp³-hybridized carbons (Fsp3) is 0.0714. The number of carboxylic acid groups (broad SMARTS) is 1. The molecule has 1 amide bonds. The van der Waals surface area contributed by atoms with E-state index in [9.17, 15) is 4.79 Å². The van der Waals surface area contributed by atoms with E-state index in [0.717, 1.165) is 16.7 Å².